The van der Waals surface area contributed by atoms with Gasteiger partial charge in [0.2, 0.25) is 5.91 Å². The van der Waals surface area contributed by atoms with Gasteiger partial charge < -0.3 is 30.3 Å². The highest BCUT2D eigenvalue weighted by atomic mass is 32.2. The molecule has 228 valence electrons. The zero-order valence-electron chi connectivity index (χ0n) is 24.8. The third-order valence-electron chi connectivity index (χ3n) is 8.66. The van der Waals surface area contributed by atoms with E-state index in [0.717, 1.165) is 42.8 Å². The number of hydrogen-bond donors (Lipinski definition) is 3. The van der Waals surface area contributed by atoms with Crippen LogP contribution in [0.1, 0.15) is 31.7 Å². The number of thioether (sulfide) groups is 1. The lowest BCUT2D eigenvalue weighted by atomic mass is 9.86. The van der Waals surface area contributed by atoms with Gasteiger partial charge in [0.25, 0.3) is 5.91 Å². The molecule has 0 bridgehead atoms. The number of benzene rings is 2. The molecule has 3 unspecified atom stereocenters. The number of piperidine rings is 2. The Morgan fingerprint density at radius 3 is 2.72 bits per heavy atom. The Labute approximate surface area is 256 Å². The lowest BCUT2D eigenvalue weighted by molar-refractivity contribution is -0.138. The summed E-state index contributed by atoms with van der Waals surface area (Å²) in [5.74, 6) is 1.05. The minimum absolute atomic E-state index is 0.0158. The van der Waals surface area contributed by atoms with E-state index in [0.29, 0.717) is 36.0 Å². The van der Waals surface area contributed by atoms with E-state index in [1.807, 2.05) is 72.2 Å². The number of anilines is 1. The number of amides is 4. The first kappa shape index (κ1) is 29.5. The van der Waals surface area contributed by atoms with Crippen molar-refractivity contribution < 1.29 is 23.9 Å². The van der Waals surface area contributed by atoms with Crippen LogP contribution in [0.4, 0.5) is 10.5 Å². The van der Waals surface area contributed by atoms with Gasteiger partial charge in [0.05, 0.1) is 28.8 Å². The van der Waals surface area contributed by atoms with Crippen molar-refractivity contribution in [3.8, 4) is 11.5 Å². The van der Waals surface area contributed by atoms with Gasteiger partial charge in [0.1, 0.15) is 11.5 Å². The second-order valence-electron chi connectivity index (χ2n) is 11.7. The van der Waals surface area contributed by atoms with Crippen LogP contribution in [-0.4, -0.2) is 73.6 Å². The Morgan fingerprint density at radius 2 is 1.95 bits per heavy atom. The number of ether oxygens (including phenoxy) is 2. The summed E-state index contributed by atoms with van der Waals surface area (Å²) in [7, 11) is 1.59. The number of carbonyl (C=O) groups is 3. The number of aryl methyl sites for hydroxylation is 1. The van der Waals surface area contributed by atoms with Crippen LogP contribution in [-0.2, 0) is 14.3 Å². The van der Waals surface area contributed by atoms with Crippen molar-refractivity contribution in [1.29, 1.82) is 0 Å². The largest absolute Gasteiger partial charge is 0.457 e. The maximum absolute atomic E-state index is 13.7. The Morgan fingerprint density at radius 1 is 1.14 bits per heavy atom. The Balaban J connectivity index is 1.18. The highest BCUT2D eigenvalue weighted by Gasteiger charge is 2.52. The van der Waals surface area contributed by atoms with Gasteiger partial charge >= 0.3 is 6.03 Å². The fraction of sp³-hybridized carbons (Fsp3) is 0.469. The van der Waals surface area contributed by atoms with E-state index in [4.69, 9.17) is 9.47 Å². The number of methoxy groups -OCH3 is 1. The molecule has 0 spiro atoms. The summed E-state index contributed by atoms with van der Waals surface area (Å²) in [5, 5.41) is 9.82. The number of para-hydroxylation sites is 1. The topological polar surface area (TPSA) is 112 Å². The van der Waals surface area contributed by atoms with Crippen molar-refractivity contribution in [2.24, 2.45) is 11.8 Å². The van der Waals surface area contributed by atoms with Gasteiger partial charge in [-0.05, 0) is 68.6 Å². The monoisotopic (exact) mass is 605 g/mol. The van der Waals surface area contributed by atoms with E-state index in [2.05, 4.69) is 16.0 Å². The second-order valence-corrected chi connectivity index (χ2v) is 12.9. The van der Waals surface area contributed by atoms with Crippen molar-refractivity contribution in [3.63, 3.8) is 0 Å². The molecular formula is C32H39N5O5S. The first-order chi connectivity index (χ1) is 20.8. The van der Waals surface area contributed by atoms with Crippen molar-refractivity contribution in [3.05, 3.63) is 64.7 Å². The molecular weight excluding hydrogens is 566 g/mol. The van der Waals surface area contributed by atoms with Gasteiger partial charge in [0.15, 0.2) is 0 Å². The number of urea groups is 1. The van der Waals surface area contributed by atoms with E-state index < -0.39 is 0 Å². The SMILES string of the molecule is COC[C@H](C)C(=O)N1CCC[C@@H](NC(=O)C2=C3NC(=O)N(c4ccc(Oc5ccccc5)cc4C)C4CCNC(S2)C34)C1. The molecule has 43 heavy (non-hydrogen) atoms. The molecule has 5 atom stereocenters. The molecule has 0 aromatic heterocycles. The van der Waals surface area contributed by atoms with Crippen LogP contribution >= 0.6 is 11.8 Å². The first-order valence-electron chi connectivity index (χ1n) is 15.0. The van der Waals surface area contributed by atoms with E-state index in [1.54, 1.807) is 7.11 Å². The van der Waals surface area contributed by atoms with Gasteiger partial charge in [-0.3, -0.25) is 14.5 Å². The minimum atomic E-state index is -0.230. The number of nitrogens with zero attached hydrogens (tertiary/aromatic N) is 2. The standard InChI is InChI=1S/C32H39N5O5S/c1-19-16-23(42-22-9-5-4-6-10-22)11-12-24(19)37-25-13-14-33-30-26(25)27(35-32(37)40)28(43-30)29(38)34-21-8-7-15-36(17-21)31(39)20(2)18-41-3/h4-6,9-12,16,20-21,25-26,30,33H,7-8,13-15,17-18H2,1-3H3,(H,34,38)(H,35,40)/t20-,21+,25?,26?,30?/m0/s1. The van der Waals surface area contributed by atoms with E-state index >= 15 is 0 Å². The molecule has 4 aliphatic rings. The molecule has 4 amide bonds. The minimum Gasteiger partial charge on any atom is -0.457 e. The maximum atomic E-state index is 13.7. The number of nitrogens with one attached hydrogen (secondary N) is 3. The lowest BCUT2D eigenvalue weighted by Crippen LogP contribution is -2.62. The number of hydrogen-bond acceptors (Lipinski definition) is 7. The number of rotatable bonds is 8. The van der Waals surface area contributed by atoms with Crippen LogP contribution in [0, 0.1) is 18.8 Å². The molecule has 3 N–H and O–H groups in total. The van der Waals surface area contributed by atoms with Crippen molar-refractivity contribution in [1.82, 2.24) is 20.9 Å². The summed E-state index contributed by atoms with van der Waals surface area (Å²) in [5.41, 5.74) is 2.47. The van der Waals surface area contributed by atoms with Gasteiger partial charge in [-0.2, -0.15) is 0 Å². The average molecular weight is 606 g/mol. The van der Waals surface area contributed by atoms with Crippen molar-refractivity contribution in [2.75, 3.05) is 38.3 Å². The molecule has 2 aromatic carbocycles. The van der Waals surface area contributed by atoms with Crippen LogP contribution in [0.15, 0.2) is 59.1 Å². The van der Waals surface area contributed by atoms with Gasteiger partial charge in [-0.1, -0.05) is 36.9 Å². The molecule has 3 fully saturated rings. The summed E-state index contributed by atoms with van der Waals surface area (Å²) < 4.78 is 11.2. The third kappa shape index (κ3) is 5.98. The van der Waals surface area contributed by atoms with Crippen LogP contribution in [0.2, 0.25) is 0 Å². The number of likely N-dealkylation sites (tertiary alicyclic amines) is 1. The van der Waals surface area contributed by atoms with E-state index in [1.165, 1.54) is 11.8 Å². The van der Waals surface area contributed by atoms with Crippen LogP contribution in [0.25, 0.3) is 0 Å². The average Bonchev–Trinajstić information content (AvgIpc) is 3.38. The fourth-order valence-electron chi connectivity index (χ4n) is 6.67. The quantitative estimate of drug-likeness (QED) is 0.418. The molecule has 4 aliphatic heterocycles. The second kappa shape index (κ2) is 12.6. The Hall–Kier alpha value is -3.54. The predicted molar refractivity (Wildman–Crippen MR) is 166 cm³/mol. The predicted octanol–water partition coefficient (Wildman–Crippen LogP) is 3.97. The summed E-state index contributed by atoms with van der Waals surface area (Å²) in [4.78, 5) is 44.4. The normalized spacial score (nSPS) is 25.6. The molecule has 0 saturated carbocycles. The molecule has 11 heteroatoms. The fourth-order valence-corrected chi connectivity index (χ4v) is 8.07. The van der Waals surface area contributed by atoms with E-state index in [9.17, 15) is 14.4 Å². The smallest absolute Gasteiger partial charge is 0.326 e. The Kier molecular flexibility index (Phi) is 8.65. The van der Waals surface area contributed by atoms with Crippen LogP contribution in [0.3, 0.4) is 0 Å². The highest BCUT2D eigenvalue weighted by Crippen LogP contribution is 2.48. The summed E-state index contributed by atoms with van der Waals surface area (Å²) in [6.45, 7) is 6.13. The van der Waals surface area contributed by atoms with Gasteiger partial charge in [-0.25, -0.2) is 4.79 Å². The van der Waals surface area contributed by atoms with Gasteiger partial charge in [0, 0.05) is 43.5 Å². The maximum Gasteiger partial charge on any atom is 0.326 e. The molecule has 10 nitrogen and oxygen atoms in total. The highest BCUT2D eigenvalue weighted by molar-refractivity contribution is 8.04. The van der Waals surface area contributed by atoms with Crippen molar-refractivity contribution in [2.45, 2.75) is 50.6 Å². The molecule has 0 aliphatic carbocycles. The summed E-state index contributed by atoms with van der Waals surface area (Å²) in [6.07, 6.45) is 2.40. The molecule has 0 radical (unpaired) electrons. The third-order valence-corrected chi connectivity index (χ3v) is 10.0. The van der Waals surface area contributed by atoms with Crippen LogP contribution < -0.4 is 25.6 Å². The molecule has 4 heterocycles. The molecule has 3 saturated heterocycles. The Bertz CT molecular complexity index is 1420. The number of carbonyl (C=O) groups excluding carboxylic acids is 3. The van der Waals surface area contributed by atoms with Crippen molar-refractivity contribution >= 4 is 35.3 Å². The van der Waals surface area contributed by atoms with E-state index in [-0.39, 0.29) is 47.1 Å². The molecule has 6 rings (SSSR count). The van der Waals surface area contributed by atoms with Gasteiger partial charge in [-0.15, -0.1) is 0 Å². The lowest BCUT2D eigenvalue weighted by Gasteiger charge is -2.46. The zero-order chi connectivity index (χ0) is 30.1. The molecule has 2 aromatic rings. The zero-order valence-corrected chi connectivity index (χ0v) is 25.6. The van der Waals surface area contributed by atoms with Crippen LogP contribution in [0.5, 0.6) is 11.5 Å². The first-order valence-corrected chi connectivity index (χ1v) is 15.9. The summed E-state index contributed by atoms with van der Waals surface area (Å²) in [6, 6.07) is 14.9. The summed E-state index contributed by atoms with van der Waals surface area (Å²) >= 11 is 1.49.